The Bertz CT molecular complexity index is 1010. The average Bonchev–Trinajstić information content (AvgIpc) is 3.07. The van der Waals surface area contributed by atoms with Crippen molar-refractivity contribution in [3.8, 4) is 0 Å². The molecule has 14 N–H and O–H groups in total. The first-order valence-electron chi connectivity index (χ1n) is 15.8. The molecule has 21 heteroatoms. The maximum absolute atomic E-state index is 11.3. The number of carbonyl (C=O) groups excluding carboxylic acids is 1. The van der Waals surface area contributed by atoms with Crippen molar-refractivity contribution in [1.29, 1.82) is 0 Å². The molecule has 0 radical (unpaired) electrons. The lowest BCUT2D eigenvalue weighted by molar-refractivity contribution is -0.349. The fourth-order valence-electron chi connectivity index (χ4n) is 5.94. The largest absolute Gasteiger partial charge is 0.394 e. The second-order valence-electron chi connectivity index (χ2n) is 12.5. The summed E-state index contributed by atoms with van der Waals surface area (Å²) in [7, 11) is 0. The molecule has 0 spiro atoms. The first kappa shape index (κ1) is 42.1. The Balaban J connectivity index is 0.000000267. The average molecular weight is 722 g/mol. The molecule has 20 unspecified atom stereocenters. The minimum atomic E-state index is -1.67. The predicted octanol–water partition coefficient (Wildman–Crippen LogP) is -8.31. The molecular weight excluding hydrogens is 670 g/mol. The molecule has 0 bridgehead atoms. The monoisotopic (exact) mass is 721 g/mol. The van der Waals surface area contributed by atoms with Gasteiger partial charge in [-0.1, -0.05) is 6.92 Å². The Kier molecular flexibility index (Phi) is 15.9. The van der Waals surface area contributed by atoms with E-state index in [1.807, 2.05) is 0 Å². The van der Waals surface area contributed by atoms with Gasteiger partial charge in [-0.3, -0.25) is 4.79 Å². The Hall–Kier alpha value is -1.29. The molecule has 4 rings (SSSR count). The third-order valence-corrected chi connectivity index (χ3v) is 8.98. The van der Waals surface area contributed by atoms with Crippen LogP contribution in [0.5, 0.6) is 0 Å². The van der Waals surface area contributed by atoms with Gasteiger partial charge in [-0.15, -0.1) is 0 Å². The number of ether oxygens (including phenoxy) is 6. The molecule has 0 aromatic heterocycles. The molecule has 0 saturated carbocycles. The van der Waals surface area contributed by atoms with E-state index in [1.54, 1.807) is 6.92 Å². The van der Waals surface area contributed by atoms with Gasteiger partial charge < -0.3 is 100 Å². The molecule has 288 valence electrons. The highest BCUT2D eigenvalue weighted by atomic mass is 16.7. The molecule has 21 nitrogen and oxygen atoms in total. The van der Waals surface area contributed by atoms with E-state index in [0.717, 1.165) is 0 Å². The van der Waals surface area contributed by atoms with Crippen molar-refractivity contribution in [2.45, 2.75) is 137 Å². The van der Waals surface area contributed by atoms with Gasteiger partial charge in [0.2, 0.25) is 5.91 Å². The topological polar surface area (TPSA) is 347 Å². The van der Waals surface area contributed by atoms with Gasteiger partial charge in [-0.2, -0.15) is 0 Å². The highest BCUT2D eigenvalue weighted by Crippen LogP contribution is 2.31. The van der Waals surface area contributed by atoms with Crippen LogP contribution in [0.25, 0.3) is 0 Å². The van der Waals surface area contributed by atoms with E-state index in [4.69, 9.17) is 33.5 Å². The maximum atomic E-state index is 11.3. The molecule has 49 heavy (non-hydrogen) atoms. The zero-order valence-electron chi connectivity index (χ0n) is 27.0. The molecule has 1 amide bonds. The SMILES string of the molecule is CC(=O)NC1C(C)OC(CO)C(OC2OC(CO)C(O)C(O)C2O)C1O.CC1C(O)OC(CO)C(OC2OC(CO)C(O)C(O)C2O)C1O. The predicted molar refractivity (Wildman–Crippen MR) is 155 cm³/mol. The molecule has 0 aliphatic carbocycles. The van der Waals surface area contributed by atoms with E-state index >= 15 is 0 Å². The highest BCUT2D eigenvalue weighted by molar-refractivity contribution is 5.73. The van der Waals surface area contributed by atoms with E-state index in [1.165, 1.54) is 13.8 Å². The van der Waals surface area contributed by atoms with Gasteiger partial charge in [0.05, 0.1) is 44.7 Å². The quantitative estimate of drug-likeness (QED) is 0.105. The number of aliphatic hydroxyl groups is 13. The van der Waals surface area contributed by atoms with Crippen molar-refractivity contribution in [3.63, 3.8) is 0 Å². The lowest BCUT2D eigenvalue weighted by Gasteiger charge is -2.46. The van der Waals surface area contributed by atoms with E-state index < -0.39 is 155 Å². The molecule has 0 aromatic carbocycles. The van der Waals surface area contributed by atoms with Crippen molar-refractivity contribution in [2.75, 3.05) is 26.4 Å². The molecule has 4 saturated heterocycles. The summed E-state index contributed by atoms with van der Waals surface area (Å²) in [6.07, 6.45) is -23.9. The Morgan fingerprint density at radius 3 is 1.37 bits per heavy atom. The molecule has 4 aliphatic rings. The Morgan fingerprint density at radius 1 is 0.551 bits per heavy atom. The number of hydrogen-bond donors (Lipinski definition) is 14. The van der Waals surface area contributed by atoms with Gasteiger partial charge in [0, 0.05) is 12.8 Å². The van der Waals surface area contributed by atoms with Crippen LogP contribution in [0.15, 0.2) is 0 Å². The van der Waals surface area contributed by atoms with Crippen molar-refractivity contribution in [1.82, 2.24) is 5.32 Å². The van der Waals surface area contributed by atoms with Crippen LogP contribution in [-0.2, 0) is 33.2 Å². The second-order valence-corrected chi connectivity index (χ2v) is 12.5. The van der Waals surface area contributed by atoms with Crippen LogP contribution < -0.4 is 5.32 Å². The molecule has 4 fully saturated rings. The minimum Gasteiger partial charge on any atom is -0.394 e. The van der Waals surface area contributed by atoms with Crippen LogP contribution in [0.1, 0.15) is 20.8 Å². The summed E-state index contributed by atoms with van der Waals surface area (Å²) in [5.74, 6) is -1.13. The van der Waals surface area contributed by atoms with Crippen molar-refractivity contribution in [3.05, 3.63) is 0 Å². The molecule has 0 aromatic rings. The first-order valence-corrected chi connectivity index (χ1v) is 15.8. The van der Waals surface area contributed by atoms with Crippen molar-refractivity contribution in [2.24, 2.45) is 5.92 Å². The molecule has 20 atom stereocenters. The molecule has 4 heterocycles. The fourth-order valence-corrected chi connectivity index (χ4v) is 5.94. The van der Waals surface area contributed by atoms with Crippen LogP contribution in [0.2, 0.25) is 0 Å². The van der Waals surface area contributed by atoms with Gasteiger partial charge in [-0.25, -0.2) is 0 Å². The van der Waals surface area contributed by atoms with Crippen LogP contribution in [-0.4, -0.2) is 215 Å². The van der Waals surface area contributed by atoms with E-state index in [-0.39, 0.29) is 0 Å². The summed E-state index contributed by atoms with van der Waals surface area (Å²) in [5, 5.41) is 129. The summed E-state index contributed by atoms with van der Waals surface area (Å²) in [5.41, 5.74) is 0. The summed E-state index contributed by atoms with van der Waals surface area (Å²) in [6.45, 7) is 2.05. The highest BCUT2D eigenvalue weighted by Gasteiger charge is 2.51. The number of carbonyl (C=O) groups is 1. The smallest absolute Gasteiger partial charge is 0.217 e. The van der Waals surface area contributed by atoms with E-state index in [2.05, 4.69) is 5.32 Å². The zero-order valence-corrected chi connectivity index (χ0v) is 27.0. The maximum Gasteiger partial charge on any atom is 0.217 e. The number of amides is 1. The van der Waals surface area contributed by atoms with Gasteiger partial charge >= 0.3 is 0 Å². The zero-order chi connectivity index (χ0) is 36.9. The van der Waals surface area contributed by atoms with Crippen LogP contribution in [0.3, 0.4) is 0 Å². The van der Waals surface area contributed by atoms with Crippen molar-refractivity contribution < 1.29 is 99.6 Å². The fraction of sp³-hybridized carbons (Fsp3) is 0.964. The Morgan fingerprint density at radius 2 is 0.959 bits per heavy atom. The van der Waals surface area contributed by atoms with Gasteiger partial charge in [0.25, 0.3) is 0 Å². The lowest BCUT2D eigenvalue weighted by Crippen LogP contribution is -2.66. The number of rotatable bonds is 9. The second kappa shape index (κ2) is 18.5. The van der Waals surface area contributed by atoms with Gasteiger partial charge in [-0.05, 0) is 6.92 Å². The van der Waals surface area contributed by atoms with Crippen molar-refractivity contribution >= 4 is 5.91 Å². The summed E-state index contributed by atoms with van der Waals surface area (Å²) in [6, 6.07) is -0.842. The molecule has 4 aliphatic heterocycles. The van der Waals surface area contributed by atoms with Gasteiger partial charge in [0.1, 0.15) is 79.4 Å². The summed E-state index contributed by atoms with van der Waals surface area (Å²) in [4.78, 5) is 11.3. The van der Waals surface area contributed by atoms with Crippen LogP contribution >= 0.6 is 0 Å². The molecular formula is C28H51NO20. The van der Waals surface area contributed by atoms with Crippen LogP contribution in [0.4, 0.5) is 0 Å². The number of hydrogen-bond acceptors (Lipinski definition) is 20. The van der Waals surface area contributed by atoms with E-state index in [9.17, 15) is 66.1 Å². The third kappa shape index (κ3) is 9.58. The lowest BCUT2D eigenvalue weighted by atomic mass is 9.92. The van der Waals surface area contributed by atoms with Crippen LogP contribution in [0, 0.1) is 5.92 Å². The number of nitrogens with one attached hydrogen (secondary N) is 1. The Labute approximate surface area is 280 Å². The normalized spacial score (nSPS) is 49.1. The summed E-state index contributed by atoms with van der Waals surface area (Å²) >= 11 is 0. The van der Waals surface area contributed by atoms with Gasteiger partial charge in [0.15, 0.2) is 18.9 Å². The third-order valence-electron chi connectivity index (χ3n) is 8.98. The first-order chi connectivity index (χ1) is 23.0. The van der Waals surface area contributed by atoms with E-state index in [0.29, 0.717) is 0 Å². The minimum absolute atomic E-state index is 0.404. The summed E-state index contributed by atoms with van der Waals surface area (Å²) < 4.78 is 32.1. The standard InChI is InChI=1S/C15H27NO10.C13H24O10/c1-5-9(16-6(2)19)11(21)14(8(4-18)24-5)26-15-13(23)12(22)10(20)7(3-17)25-15;1-4-7(16)11(6(3-15)21-12(4)20)23-13-10(19)9(18)8(17)5(2-14)22-13/h5,7-15,17-18,20-23H,3-4H2,1-2H3,(H,16,19);4-20H,2-3H2,1H3. The number of aliphatic hydroxyl groups excluding tert-OH is 13.